The van der Waals surface area contributed by atoms with E-state index in [1.165, 1.54) is 5.56 Å². The molecule has 0 saturated heterocycles. The Hall–Kier alpha value is -2.40. The van der Waals surface area contributed by atoms with Crippen molar-refractivity contribution in [1.29, 1.82) is 0 Å². The van der Waals surface area contributed by atoms with E-state index >= 15 is 0 Å². The van der Waals surface area contributed by atoms with Crippen molar-refractivity contribution in [3.8, 4) is 0 Å². The van der Waals surface area contributed by atoms with Crippen molar-refractivity contribution < 1.29 is 0 Å². The molecule has 0 unspecified atom stereocenters. The summed E-state index contributed by atoms with van der Waals surface area (Å²) in [5.74, 6) is 0.883. The fraction of sp³-hybridized carbons (Fsp3) is 0.294. The van der Waals surface area contributed by atoms with Gasteiger partial charge in [0, 0.05) is 30.4 Å². The standard InChI is InChI=1S/C17H17N5/c1-12-14-4-2-3-5-15(14)21-17(20-12)10-22-7-6-13-8-18-11-19-16(13)9-22/h2-5,8,11H,6-7,9-10H2,1H3. The highest BCUT2D eigenvalue weighted by Crippen LogP contribution is 2.19. The smallest absolute Gasteiger partial charge is 0.143 e. The minimum atomic E-state index is 0.759. The second kappa shape index (κ2) is 5.42. The van der Waals surface area contributed by atoms with Gasteiger partial charge in [-0.15, -0.1) is 0 Å². The molecule has 0 radical (unpaired) electrons. The average molecular weight is 291 g/mol. The molecule has 0 bridgehead atoms. The molecule has 0 saturated carbocycles. The number of para-hydroxylation sites is 1. The third-order valence-corrected chi connectivity index (χ3v) is 4.16. The topological polar surface area (TPSA) is 54.8 Å². The van der Waals surface area contributed by atoms with Gasteiger partial charge >= 0.3 is 0 Å². The highest BCUT2D eigenvalue weighted by molar-refractivity contribution is 5.80. The van der Waals surface area contributed by atoms with Crippen LogP contribution in [0, 0.1) is 6.92 Å². The first-order valence-corrected chi connectivity index (χ1v) is 7.52. The van der Waals surface area contributed by atoms with Gasteiger partial charge in [0.15, 0.2) is 0 Å². The lowest BCUT2D eigenvalue weighted by Gasteiger charge is -2.26. The summed E-state index contributed by atoms with van der Waals surface area (Å²) in [5, 5.41) is 1.13. The van der Waals surface area contributed by atoms with Crippen LogP contribution in [0.25, 0.3) is 10.9 Å². The van der Waals surface area contributed by atoms with E-state index in [2.05, 4.69) is 25.9 Å². The third-order valence-electron chi connectivity index (χ3n) is 4.16. The SMILES string of the molecule is Cc1nc(CN2CCc3cncnc3C2)nc2ccccc12. The number of fused-ring (bicyclic) bond motifs is 2. The van der Waals surface area contributed by atoms with Crippen LogP contribution in [0.1, 0.15) is 22.8 Å². The molecule has 0 amide bonds. The van der Waals surface area contributed by atoms with E-state index < -0.39 is 0 Å². The van der Waals surface area contributed by atoms with E-state index in [0.29, 0.717) is 0 Å². The summed E-state index contributed by atoms with van der Waals surface area (Å²) in [7, 11) is 0. The summed E-state index contributed by atoms with van der Waals surface area (Å²) in [5.41, 5.74) is 4.44. The Balaban J connectivity index is 1.59. The predicted octanol–water partition coefficient (Wildman–Crippen LogP) is 2.29. The molecule has 2 aromatic heterocycles. The molecule has 4 rings (SSSR count). The number of benzene rings is 1. The molecule has 3 aromatic rings. The maximum atomic E-state index is 4.70. The van der Waals surface area contributed by atoms with E-state index in [9.17, 15) is 0 Å². The van der Waals surface area contributed by atoms with E-state index in [1.807, 2.05) is 31.3 Å². The number of aryl methyl sites for hydroxylation is 1. The van der Waals surface area contributed by atoms with Crippen LogP contribution in [0.15, 0.2) is 36.8 Å². The quantitative estimate of drug-likeness (QED) is 0.725. The first-order valence-electron chi connectivity index (χ1n) is 7.52. The maximum Gasteiger partial charge on any atom is 0.143 e. The Bertz CT molecular complexity index is 830. The number of aromatic nitrogens is 4. The second-order valence-corrected chi connectivity index (χ2v) is 5.70. The van der Waals surface area contributed by atoms with Crippen molar-refractivity contribution in [1.82, 2.24) is 24.8 Å². The zero-order chi connectivity index (χ0) is 14.9. The molecule has 22 heavy (non-hydrogen) atoms. The summed E-state index contributed by atoms with van der Waals surface area (Å²) < 4.78 is 0. The number of nitrogens with zero attached hydrogens (tertiary/aromatic N) is 5. The van der Waals surface area contributed by atoms with E-state index in [4.69, 9.17) is 4.98 Å². The van der Waals surface area contributed by atoms with E-state index in [1.54, 1.807) is 6.33 Å². The lowest BCUT2D eigenvalue weighted by atomic mass is 10.1. The molecule has 0 aliphatic carbocycles. The molecule has 0 N–H and O–H groups in total. The maximum absolute atomic E-state index is 4.70. The van der Waals surface area contributed by atoms with Gasteiger partial charge in [-0.05, 0) is 25.0 Å². The Kier molecular flexibility index (Phi) is 3.27. The molecular weight excluding hydrogens is 274 g/mol. The van der Waals surface area contributed by atoms with Gasteiger partial charge in [-0.1, -0.05) is 18.2 Å². The zero-order valence-corrected chi connectivity index (χ0v) is 12.5. The summed E-state index contributed by atoms with van der Waals surface area (Å²) in [6, 6.07) is 8.17. The van der Waals surface area contributed by atoms with Gasteiger partial charge in [-0.3, -0.25) is 4.90 Å². The lowest BCUT2D eigenvalue weighted by molar-refractivity contribution is 0.235. The van der Waals surface area contributed by atoms with Crippen LogP contribution < -0.4 is 0 Å². The lowest BCUT2D eigenvalue weighted by Crippen LogP contribution is -2.31. The molecule has 0 fully saturated rings. The Morgan fingerprint density at radius 1 is 1.18 bits per heavy atom. The van der Waals surface area contributed by atoms with Crippen LogP contribution in [-0.4, -0.2) is 31.4 Å². The van der Waals surface area contributed by atoms with Gasteiger partial charge in [0.1, 0.15) is 12.2 Å². The van der Waals surface area contributed by atoms with Crippen molar-refractivity contribution in [3.63, 3.8) is 0 Å². The predicted molar refractivity (Wildman–Crippen MR) is 84.1 cm³/mol. The van der Waals surface area contributed by atoms with Crippen LogP contribution in [-0.2, 0) is 19.5 Å². The fourth-order valence-electron chi connectivity index (χ4n) is 3.00. The third kappa shape index (κ3) is 2.44. The normalized spacial score (nSPS) is 15.0. The highest BCUT2D eigenvalue weighted by Gasteiger charge is 2.18. The molecule has 0 spiro atoms. The van der Waals surface area contributed by atoms with E-state index in [0.717, 1.165) is 54.2 Å². The zero-order valence-electron chi connectivity index (χ0n) is 12.5. The molecule has 1 aliphatic rings. The summed E-state index contributed by atoms with van der Waals surface area (Å²) >= 11 is 0. The van der Waals surface area contributed by atoms with E-state index in [-0.39, 0.29) is 0 Å². The van der Waals surface area contributed by atoms with Gasteiger partial charge in [-0.2, -0.15) is 0 Å². The molecular formula is C17H17N5. The Morgan fingerprint density at radius 3 is 3.05 bits per heavy atom. The number of hydrogen-bond donors (Lipinski definition) is 0. The highest BCUT2D eigenvalue weighted by atomic mass is 15.2. The van der Waals surface area contributed by atoms with Crippen LogP contribution in [0.3, 0.4) is 0 Å². The van der Waals surface area contributed by atoms with Crippen LogP contribution in [0.2, 0.25) is 0 Å². The van der Waals surface area contributed by atoms with Crippen molar-refractivity contribution in [2.24, 2.45) is 0 Å². The van der Waals surface area contributed by atoms with Crippen molar-refractivity contribution >= 4 is 10.9 Å². The molecule has 110 valence electrons. The van der Waals surface area contributed by atoms with Gasteiger partial charge in [0.05, 0.1) is 17.8 Å². The Morgan fingerprint density at radius 2 is 2.09 bits per heavy atom. The Labute approximate surface area is 129 Å². The van der Waals surface area contributed by atoms with Crippen LogP contribution >= 0.6 is 0 Å². The van der Waals surface area contributed by atoms with Crippen molar-refractivity contribution in [3.05, 3.63) is 59.6 Å². The second-order valence-electron chi connectivity index (χ2n) is 5.70. The van der Waals surface area contributed by atoms with Gasteiger partial charge in [0.2, 0.25) is 0 Å². The minimum absolute atomic E-state index is 0.759. The average Bonchev–Trinajstić information content (AvgIpc) is 2.55. The fourth-order valence-corrected chi connectivity index (χ4v) is 3.00. The van der Waals surface area contributed by atoms with Gasteiger partial charge in [-0.25, -0.2) is 19.9 Å². The molecule has 5 heteroatoms. The van der Waals surface area contributed by atoms with Crippen LogP contribution in [0.5, 0.6) is 0 Å². The van der Waals surface area contributed by atoms with Crippen LogP contribution in [0.4, 0.5) is 0 Å². The molecule has 3 heterocycles. The minimum Gasteiger partial charge on any atom is -0.290 e. The van der Waals surface area contributed by atoms with Crippen molar-refractivity contribution in [2.45, 2.75) is 26.4 Å². The largest absolute Gasteiger partial charge is 0.290 e. The molecule has 1 aliphatic heterocycles. The monoisotopic (exact) mass is 291 g/mol. The van der Waals surface area contributed by atoms with Crippen molar-refractivity contribution in [2.75, 3.05) is 6.54 Å². The molecule has 0 atom stereocenters. The first kappa shape index (κ1) is 13.3. The number of rotatable bonds is 2. The van der Waals surface area contributed by atoms with Gasteiger partial charge in [0.25, 0.3) is 0 Å². The molecule has 5 nitrogen and oxygen atoms in total. The van der Waals surface area contributed by atoms with Gasteiger partial charge < -0.3 is 0 Å². The number of hydrogen-bond acceptors (Lipinski definition) is 5. The summed E-state index contributed by atoms with van der Waals surface area (Å²) in [6.45, 7) is 4.64. The molecule has 1 aromatic carbocycles. The first-order chi connectivity index (χ1) is 10.8. The summed E-state index contributed by atoms with van der Waals surface area (Å²) in [6.07, 6.45) is 4.54. The summed E-state index contributed by atoms with van der Waals surface area (Å²) in [4.78, 5) is 20.2.